The van der Waals surface area contributed by atoms with Gasteiger partial charge in [-0.2, -0.15) is 0 Å². The highest BCUT2D eigenvalue weighted by molar-refractivity contribution is 5.92. The van der Waals surface area contributed by atoms with Crippen LogP contribution in [0.4, 0.5) is 10.5 Å². The molecule has 0 fully saturated rings. The van der Waals surface area contributed by atoms with Crippen LogP contribution in [0.15, 0.2) is 60.7 Å². The van der Waals surface area contributed by atoms with Gasteiger partial charge in [0.15, 0.2) is 0 Å². The molecule has 1 amide bonds. The van der Waals surface area contributed by atoms with E-state index in [4.69, 9.17) is 9.84 Å². The Hall–Kier alpha value is -3.80. The van der Waals surface area contributed by atoms with Gasteiger partial charge in [-0.05, 0) is 46.4 Å². The van der Waals surface area contributed by atoms with E-state index in [0.29, 0.717) is 0 Å². The van der Waals surface area contributed by atoms with Crippen LogP contribution in [-0.4, -0.2) is 22.3 Å². The number of phenolic OH excluding ortho intramolecular Hbond substituents is 1. The van der Waals surface area contributed by atoms with Crippen molar-refractivity contribution in [2.45, 2.75) is 13.0 Å². The third-order valence-electron chi connectivity index (χ3n) is 4.72. The quantitative estimate of drug-likeness (QED) is 0.491. The summed E-state index contributed by atoms with van der Waals surface area (Å²) < 4.78 is 5.32. The lowest BCUT2D eigenvalue weighted by molar-refractivity contribution is 0.0696. The van der Waals surface area contributed by atoms with Crippen molar-refractivity contribution in [3.05, 3.63) is 82.9 Å². The van der Waals surface area contributed by atoms with Gasteiger partial charge in [0.05, 0.1) is 5.56 Å². The molecule has 0 radical (unpaired) electrons. The van der Waals surface area contributed by atoms with E-state index in [9.17, 15) is 14.7 Å². The minimum atomic E-state index is -1.20. The molecule has 0 spiro atoms. The number of aromatic carboxylic acids is 1. The summed E-state index contributed by atoms with van der Waals surface area (Å²) in [5, 5.41) is 21.1. The number of carbonyl (C=O) groups excluding carboxylic acids is 1. The van der Waals surface area contributed by atoms with Crippen molar-refractivity contribution < 1.29 is 24.5 Å². The van der Waals surface area contributed by atoms with E-state index in [-0.39, 0.29) is 23.6 Å². The Balaban J connectivity index is 1.46. The fourth-order valence-electron chi connectivity index (χ4n) is 3.46. The zero-order valence-corrected chi connectivity index (χ0v) is 14.8. The van der Waals surface area contributed by atoms with Gasteiger partial charge < -0.3 is 14.9 Å². The fourth-order valence-corrected chi connectivity index (χ4v) is 3.46. The second-order valence-corrected chi connectivity index (χ2v) is 6.55. The van der Waals surface area contributed by atoms with Crippen LogP contribution >= 0.6 is 0 Å². The molecule has 140 valence electrons. The highest BCUT2D eigenvalue weighted by Gasteiger charge is 2.21. The number of benzene rings is 3. The van der Waals surface area contributed by atoms with Crippen molar-refractivity contribution in [1.82, 2.24) is 0 Å². The average molecular weight is 375 g/mol. The molecule has 3 aromatic rings. The summed E-state index contributed by atoms with van der Waals surface area (Å²) in [6.45, 7) is 0.0909. The molecule has 28 heavy (non-hydrogen) atoms. The van der Waals surface area contributed by atoms with E-state index in [1.807, 2.05) is 24.3 Å². The van der Waals surface area contributed by atoms with Crippen LogP contribution in [0.1, 0.15) is 27.0 Å². The van der Waals surface area contributed by atoms with Gasteiger partial charge in [-0.25, -0.2) is 9.59 Å². The van der Waals surface area contributed by atoms with Gasteiger partial charge in [0.2, 0.25) is 0 Å². The van der Waals surface area contributed by atoms with E-state index in [1.54, 1.807) is 0 Å². The topological polar surface area (TPSA) is 95.9 Å². The van der Waals surface area contributed by atoms with Crippen molar-refractivity contribution in [3.63, 3.8) is 0 Å². The molecule has 0 aliphatic heterocycles. The Labute approximate surface area is 161 Å². The van der Waals surface area contributed by atoms with Crippen LogP contribution in [0.3, 0.4) is 0 Å². The predicted molar refractivity (Wildman–Crippen MR) is 104 cm³/mol. The minimum Gasteiger partial charge on any atom is -0.508 e. The van der Waals surface area contributed by atoms with Crippen LogP contribution in [0.2, 0.25) is 0 Å². The molecule has 4 rings (SSSR count). The van der Waals surface area contributed by atoms with Crippen LogP contribution in [-0.2, 0) is 17.8 Å². The predicted octanol–water partition coefficient (Wildman–Crippen LogP) is 4.41. The molecule has 0 aromatic heterocycles. The number of hydrogen-bond acceptors (Lipinski definition) is 4. The first-order chi connectivity index (χ1) is 13.5. The molecule has 1 aliphatic rings. The van der Waals surface area contributed by atoms with Crippen LogP contribution < -0.4 is 5.32 Å². The monoisotopic (exact) mass is 375 g/mol. The molecule has 1 aliphatic carbocycles. The van der Waals surface area contributed by atoms with Gasteiger partial charge in [0.25, 0.3) is 0 Å². The number of carboxylic acid groups (broad SMARTS) is 1. The lowest BCUT2D eigenvalue weighted by atomic mass is 10.0. The Morgan fingerprint density at radius 3 is 2.61 bits per heavy atom. The number of carboxylic acids is 1. The van der Waals surface area contributed by atoms with Crippen LogP contribution in [0.25, 0.3) is 11.1 Å². The molecule has 0 saturated carbocycles. The maximum absolute atomic E-state index is 12.1. The number of nitrogens with one attached hydrogen (secondary N) is 1. The summed E-state index contributed by atoms with van der Waals surface area (Å²) in [4.78, 5) is 23.2. The van der Waals surface area contributed by atoms with E-state index in [2.05, 4.69) is 23.5 Å². The van der Waals surface area contributed by atoms with Gasteiger partial charge in [-0.3, -0.25) is 5.32 Å². The van der Waals surface area contributed by atoms with Gasteiger partial charge in [-0.1, -0.05) is 42.5 Å². The molecule has 3 N–H and O–H groups in total. The van der Waals surface area contributed by atoms with Crippen molar-refractivity contribution in [3.8, 4) is 16.9 Å². The second kappa shape index (κ2) is 7.08. The van der Waals surface area contributed by atoms with Crippen LogP contribution in [0.5, 0.6) is 5.75 Å². The molecule has 3 aromatic carbocycles. The molecule has 0 atom stereocenters. The Kier molecular flexibility index (Phi) is 4.45. The van der Waals surface area contributed by atoms with E-state index >= 15 is 0 Å². The summed E-state index contributed by atoms with van der Waals surface area (Å²) in [5.41, 5.74) is 5.67. The molecule has 0 heterocycles. The summed E-state index contributed by atoms with van der Waals surface area (Å²) in [7, 11) is 0. The van der Waals surface area contributed by atoms with Crippen molar-refractivity contribution in [2.75, 3.05) is 5.32 Å². The molecule has 0 unspecified atom stereocenters. The summed E-state index contributed by atoms with van der Waals surface area (Å²) >= 11 is 0. The van der Waals surface area contributed by atoms with E-state index in [0.717, 1.165) is 29.2 Å². The number of rotatable bonds is 4. The summed E-state index contributed by atoms with van der Waals surface area (Å²) in [6, 6.07) is 17.7. The number of amides is 1. The first-order valence-electron chi connectivity index (χ1n) is 8.71. The largest absolute Gasteiger partial charge is 0.508 e. The maximum atomic E-state index is 12.1. The molecular weight excluding hydrogens is 358 g/mol. The van der Waals surface area contributed by atoms with Gasteiger partial charge in [-0.15, -0.1) is 0 Å². The molecule has 6 heteroatoms. The van der Waals surface area contributed by atoms with Gasteiger partial charge >= 0.3 is 12.1 Å². The molecular formula is C22H17NO5. The van der Waals surface area contributed by atoms with Gasteiger partial charge in [0.1, 0.15) is 12.4 Å². The normalized spacial score (nSPS) is 11.4. The van der Waals surface area contributed by atoms with Crippen molar-refractivity contribution >= 4 is 17.7 Å². The highest BCUT2D eigenvalue weighted by atomic mass is 16.5. The first kappa shape index (κ1) is 17.6. The molecule has 6 nitrogen and oxygen atoms in total. The lowest BCUT2D eigenvalue weighted by Gasteiger charge is -2.11. The minimum absolute atomic E-state index is 0.0909. The number of phenols is 1. The summed E-state index contributed by atoms with van der Waals surface area (Å²) in [5.74, 6) is -1.46. The van der Waals surface area contributed by atoms with Crippen molar-refractivity contribution in [1.29, 1.82) is 0 Å². The first-order valence-corrected chi connectivity index (χ1v) is 8.71. The third-order valence-corrected chi connectivity index (χ3v) is 4.72. The number of fused-ring (bicyclic) bond motifs is 3. The third kappa shape index (κ3) is 3.40. The smallest absolute Gasteiger partial charge is 0.411 e. The molecule has 0 bridgehead atoms. The number of hydrogen-bond donors (Lipinski definition) is 3. The number of ether oxygens (including phenoxy) is 1. The highest BCUT2D eigenvalue weighted by Crippen LogP contribution is 2.38. The zero-order chi connectivity index (χ0) is 19.7. The number of carbonyl (C=O) groups is 2. The lowest BCUT2D eigenvalue weighted by Crippen LogP contribution is -2.14. The van der Waals surface area contributed by atoms with Crippen LogP contribution in [0, 0.1) is 0 Å². The second-order valence-electron chi connectivity index (χ2n) is 6.55. The van der Waals surface area contributed by atoms with Crippen molar-refractivity contribution in [2.24, 2.45) is 0 Å². The Morgan fingerprint density at radius 2 is 1.79 bits per heavy atom. The molecule has 0 saturated heterocycles. The Bertz CT molecular complexity index is 1090. The van der Waals surface area contributed by atoms with E-state index < -0.39 is 12.1 Å². The Morgan fingerprint density at radius 1 is 1.00 bits per heavy atom. The summed E-state index contributed by atoms with van der Waals surface area (Å²) in [6.07, 6.45) is 0.0660. The fraction of sp³-hybridized carbons (Fsp3) is 0.0909. The average Bonchev–Trinajstić information content (AvgIpc) is 3.05. The number of aromatic hydroxyl groups is 1. The number of anilines is 1. The SMILES string of the molecule is O=C(Nc1cc(O)cc(C(=O)O)c1)OCc1cccc2c1Cc1ccccc1-2. The van der Waals surface area contributed by atoms with E-state index in [1.165, 1.54) is 23.3 Å². The standard InChI is InChI=1S/C22H17NO5/c24-17-9-15(21(25)26)8-16(11-17)23-22(27)28-12-14-5-3-7-19-18-6-2-1-4-13(18)10-20(14)19/h1-9,11,24H,10,12H2,(H,23,27)(H,25,26). The maximum Gasteiger partial charge on any atom is 0.411 e. The van der Waals surface area contributed by atoms with Gasteiger partial charge in [0, 0.05) is 11.8 Å². The zero-order valence-electron chi connectivity index (χ0n) is 14.8.